The Labute approximate surface area is 104 Å². The van der Waals surface area contributed by atoms with Crippen LogP contribution >= 0.6 is 0 Å². The third-order valence-corrected chi connectivity index (χ3v) is 2.30. The van der Waals surface area contributed by atoms with E-state index >= 15 is 0 Å². The smallest absolute Gasteiger partial charge is 0.342 e. The maximum absolute atomic E-state index is 10.9. The van der Waals surface area contributed by atoms with Gasteiger partial charge in [-0.1, -0.05) is 13.3 Å². The van der Waals surface area contributed by atoms with Gasteiger partial charge in [-0.25, -0.2) is 9.78 Å². The Kier molecular flexibility index (Phi) is 4.59. The molecule has 98 valence electrons. The number of carbonyl (C=O) groups is 1. The first-order valence-electron chi connectivity index (χ1n) is 5.50. The number of ether oxygens (including phenoxy) is 1. The number of carboxylic acids is 1. The van der Waals surface area contributed by atoms with E-state index in [1.165, 1.54) is 0 Å². The molecule has 1 unspecified atom stereocenters. The van der Waals surface area contributed by atoms with E-state index in [1.54, 1.807) is 0 Å². The molecule has 0 bridgehead atoms. The number of nitrogens with zero attached hydrogens (tertiary/aromatic N) is 2. The summed E-state index contributed by atoms with van der Waals surface area (Å²) in [6.45, 7) is 3.82. The zero-order valence-electron chi connectivity index (χ0n) is 10.1. The summed E-state index contributed by atoms with van der Waals surface area (Å²) < 4.78 is 5.38. The van der Waals surface area contributed by atoms with Crippen LogP contribution in [0, 0.1) is 10.1 Å². The number of hydrogen-bond donors (Lipinski definition) is 1. The predicted molar refractivity (Wildman–Crippen MR) is 62.8 cm³/mol. The van der Waals surface area contributed by atoms with Gasteiger partial charge in [0, 0.05) is 6.07 Å². The summed E-state index contributed by atoms with van der Waals surface area (Å²) in [6.07, 6.45) is 2.49. The number of aromatic carboxylic acids is 1. The van der Waals surface area contributed by atoms with Gasteiger partial charge in [0.25, 0.3) is 0 Å². The summed E-state index contributed by atoms with van der Waals surface area (Å²) in [5.41, 5.74) is -0.966. The summed E-state index contributed by atoms with van der Waals surface area (Å²) in [7, 11) is 0. The first kappa shape index (κ1) is 13.9. The van der Waals surface area contributed by atoms with Crippen LogP contribution in [0.1, 0.15) is 37.0 Å². The van der Waals surface area contributed by atoms with Crippen molar-refractivity contribution in [3.8, 4) is 5.88 Å². The molecule has 0 aromatic carbocycles. The number of carboxylic acid groups (broad SMARTS) is 1. The molecule has 1 rings (SSSR count). The molecule has 1 atom stereocenters. The van der Waals surface area contributed by atoms with Crippen LogP contribution in [-0.2, 0) is 0 Å². The lowest BCUT2D eigenvalue weighted by Crippen LogP contribution is -2.13. The van der Waals surface area contributed by atoms with Gasteiger partial charge in [0.1, 0.15) is 11.8 Å². The Morgan fingerprint density at radius 1 is 1.67 bits per heavy atom. The molecule has 1 aromatic rings. The molecule has 7 nitrogen and oxygen atoms in total. The van der Waals surface area contributed by atoms with Crippen molar-refractivity contribution in [3.05, 3.63) is 27.9 Å². The maximum atomic E-state index is 10.9. The van der Waals surface area contributed by atoms with Crippen LogP contribution in [0.5, 0.6) is 5.88 Å². The summed E-state index contributed by atoms with van der Waals surface area (Å²) in [4.78, 5) is 24.5. The van der Waals surface area contributed by atoms with Crippen molar-refractivity contribution in [2.45, 2.75) is 32.8 Å². The van der Waals surface area contributed by atoms with Gasteiger partial charge >= 0.3 is 11.7 Å². The van der Waals surface area contributed by atoms with Crippen LogP contribution in [0.15, 0.2) is 12.3 Å². The average molecular weight is 254 g/mol. The van der Waals surface area contributed by atoms with Crippen LogP contribution in [0.3, 0.4) is 0 Å². The van der Waals surface area contributed by atoms with Crippen LogP contribution in [0.2, 0.25) is 0 Å². The topological polar surface area (TPSA) is 103 Å². The highest BCUT2D eigenvalue weighted by atomic mass is 16.6. The molecule has 0 spiro atoms. The minimum absolute atomic E-state index is 0.0824. The fourth-order valence-corrected chi connectivity index (χ4v) is 1.48. The zero-order chi connectivity index (χ0) is 13.7. The van der Waals surface area contributed by atoms with Crippen LogP contribution in [0.4, 0.5) is 5.69 Å². The Hall–Kier alpha value is -2.18. The van der Waals surface area contributed by atoms with E-state index in [9.17, 15) is 14.9 Å². The Balaban J connectivity index is 3.00. The van der Waals surface area contributed by atoms with Crippen LogP contribution in [0.25, 0.3) is 0 Å². The van der Waals surface area contributed by atoms with Crippen molar-refractivity contribution in [1.82, 2.24) is 4.98 Å². The Bertz CT molecular complexity index is 461. The number of rotatable bonds is 6. The van der Waals surface area contributed by atoms with E-state index in [-0.39, 0.29) is 12.0 Å². The predicted octanol–water partition coefficient (Wildman–Crippen LogP) is 2.26. The Morgan fingerprint density at radius 3 is 2.83 bits per heavy atom. The molecular weight excluding hydrogens is 240 g/mol. The molecule has 0 saturated carbocycles. The van der Waals surface area contributed by atoms with Crippen molar-refractivity contribution < 1.29 is 19.6 Å². The molecule has 0 radical (unpaired) electrons. The standard InChI is InChI=1S/C11H14N2O5/c1-3-4-7(2)18-10-5-8(11(14)15)9(6-12-10)13(16)17/h5-7H,3-4H2,1-2H3,(H,14,15). The van der Waals surface area contributed by atoms with E-state index in [4.69, 9.17) is 9.84 Å². The lowest BCUT2D eigenvalue weighted by atomic mass is 10.2. The fraction of sp³-hybridized carbons (Fsp3) is 0.455. The molecule has 0 aliphatic heterocycles. The summed E-state index contributed by atoms with van der Waals surface area (Å²) in [5.74, 6) is -1.30. The molecular formula is C11H14N2O5. The zero-order valence-corrected chi connectivity index (χ0v) is 10.1. The monoisotopic (exact) mass is 254 g/mol. The van der Waals surface area contributed by atoms with Gasteiger partial charge in [-0.2, -0.15) is 0 Å². The van der Waals surface area contributed by atoms with Gasteiger partial charge in [-0.3, -0.25) is 10.1 Å². The van der Waals surface area contributed by atoms with Crippen molar-refractivity contribution in [1.29, 1.82) is 0 Å². The third-order valence-electron chi connectivity index (χ3n) is 2.30. The number of pyridine rings is 1. The second kappa shape index (κ2) is 5.95. The largest absolute Gasteiger partial charge is 0.477 e. The molecule has 18 heavy (non-hydrogen) atoms. The first-order valence-corrected chi connectivity index (χ1v) is 5.50. The Morgan fingerprint density at radius 2 is 2.33 bits per heavy atom. The van der Waals surface area contributed by atoms with Crippen molar-refractivity contribution >= 4 is 11.7 Å². The molecule has 1 aromatic heterocycles. The van der Waals surface area contributed by atoms with Gasteiger partial charge in [0.2, 0.25) is 5.88 Å². The second-order valence-electron chi connectivity index (χ2n) is 3.82. The lowest BCUT2D eigenvalue weighted by Gasteiger charge is -2.12. The fourth-order valence-electron chi connectivity index (χ4n) is 1.48. The molecule has 0 saturated heterocycles. The first-order chi connectivity index (χ1) is 8.45. The minimum atomic E-state index is -1.38. The second-order valence-corrected chi connectivity index (χ2v) is 3.82. The highest BCUT2D eigenvalue weighted by Gasteiger charge is 2.21. The molecule has 0 aliphatic carbocycles. The number of aromatic nitrogens is 1. The van der Waals surface area contributed by atoms with Gasteiger partial charge in [0.05, 0.1) is 11.0 Å². The van der Waals surface area contributed by atoms with Crippen LogP contribution in [-0.4, -0.2) is 27.1 Å². The minimum Gasteiger partial charge on any atom is -0.477 e. The molecule has 0 amide bonds. The summed E-state index contributed by atoms with van der Waals surface area (Å²) >= 11 is 0. The summed E-state index contributed by atoms with van der Waals surface area (Å²) in [5, 5.41) is 19.5. The van der Waals surface area contributed by atoms with Crippen molar-refractivity contribution in [2.24, 2.45) is 0 Å². The molecule has 7 heteroatoms. The van der Waals surface area contributed by atoms with E-state index < -0.39 is 22.1 Å². The van der Waals surface area contributed by atoms with E-state index in [0.717, 1.165) is 25.1 Å². The quantitative estimate of drug-likeness (QED) is 0.617. The molecule has 0 aliphatic rings. The highest BCUT2D eigenvalue weighted by molar-refractivity contribution is 5.92. The molecule has 1 N–H and O–H groups in total. The third kappa shape index (κ3) is 3.41. The van der Waals surface area contributed by atoms with E-state index in [1.807, 2.05) is 13.8 Å². The van der Waals surface area contributed by atoms with Crippen molar-refractivity contribution in [3.63, 3.8) is 0 Å². The summed E-state index contributed by atoms with van der Waals surface area (Å²) in [6, 6.07) is 1.08. The molecule has 1 heterocycles. The number of nitro groups is 1. The van der Waals surface area contributed by atoms with E-state index in [0.29, 0.717) is 0 Å². The molecule has 0 fully saturated rings. The van der Waals surface area contributed by atoms with E-state index in [2.05, 4.69) is 4.98 Å². The lowest BCUT2D eigenvalue weighted by molar-refractivity contribution is -0.385. The number of hydrogen-bond acceptors (Lipinski definition) is 5. The van der Waals surface area contributed by atoms with Crippen molar-refractivity contribution in [2.75, 3.05) is 0 Å². The van der Waals surface area contributed by atoms with Gasteiger partial charge < -0.3 is 9.84 Å². The average Bonchev–Trinajstić information content (AvgIpc) is 2.28. The SMILES string of the molecule is CCCC(C)Oc1cc(C(=O)O)c([N+](=O)[O-])cn1. The van der Waals surface area contributed by atoms with Gasteiger partial charge in [0.15, 0.2) is 0 Å². The highest BCUT2D eigenvalue weighted by Crippen LogP contribution is 2.22. The maximum Gasteiger partial charge on any atom is 0.342 e. The normalized spacial score (nSPS) is 11.9. The van der Waals surface area contributed by atoms with Crippen LogP contribution < -0.4 is 4.74 Å². The van der Waals surface area contributed by atoms with Gasteiger partial charge in [-0.15, -0.1) is 0 Å². The van der Waals surface area contributed by atoms with Gasteiger partial charge in [-0.05, 0) is 13.3 Å².